The Balaban J connectivity index is 2.10. The number of amides is 1. The number of nitrogens with zero attached hydrogens (tertiary/aromatic N) is 1. The molecule has 2 saturated heterocycles. The number of hydrogen-bond donors (Lipinski definition) is 0. The summed E-state index contributed by atoms with van der Waals surface area (Å²) in [6.07, 6.45) is -0.811. The molecule has 2 fully saturated rings. The van der Waals surface area contributed by atoms with Gasteiger partial charge in [0.25, 0.3) is 0 Å². The number of ether oxygens (including phenoxy) is 2. The first kappa shape index (κ1) is 12.9. The molecule has 2 aliphatic heterocycles. The number of fused-ring (bicyclic) bond motifs is 1. The lowest BCUT2D eigenvalue weighted by molar-refractivity contribution is -0.160. The van der Waals surface area contributed by atoms with Crippen molar-refractivity contribution in [2.45, 2.75) is 51.4 Å². The monoisotopic (exact) mass is 255 g/mol. The molecule has 0 saturated carbocycles. The molecule has 0 aliphatic carbocycles. The predicted molar refractivity (Wildman–Crippen MR) is 60.8 cm³/mol. The smallest absolute Gasteiger partial charge is 0.411 e. The van der Waals surface area contributed by atoms with Gasteiger partial charge in [-0.2, -0.15) is 0 Å². The normalized spacial score (nSPS) is 27.8. The predicted octanol–water partition coefficient (Wildman–Crippen LogP) is 0.880. The first-order valence-electron chi connectivity index (χ1n) is 6.00. The maximum atomic E-state index is 12.0. The van der Waals surface area contributed by atoms with Gasteiger partial charge in [0.15, 0.2) is 5.78 Å². The molecule has 1 amide bonds. The molecule has 0 spiro atoms. The van der Waals surface area contributed by atoms with Gasteiger partial charge in [-0.05, 0) is 20.8 Å². The van der Waals surface area contributed by atoms with Crippen molar-refractivity contribution in [2.75, 3.05) is 6.54 Å². The van der Waals surface area contributed by atoms with Gasteiger partial charge in [0.05, 0.1) is 0 Å². The van der Waals surface area contributed by atoms with Crippen molar-refractivity contribution < 1.29 is 23.9 Å². The third-order valence-corrected chi connectivity index (χ3v) is 2.90. The van der Waals surface area contributed by atoms with Crippen molar-refractivity contribution in [3.63, 3.8) is 0 Å². The van der Waals surface area contributed by atoms with Crippen LogP contribution in [0.15, 0.2) is 0 Å². The van der Waals surface area contributed by atoms with Gasteiger partial charge in [0.2, 0.25) is 0 Å². The Morgan fingerprint density at radius 1 is 1.39 bits per heavy atom. The third kappa shape index (κ3) is 2.47. The summed E-state index contributed by atoms with van der Waals surface area (Å²) in [6.45, 7) is 5.67. The van der Waals surface area contributed by atoms with Crippen LogP contribution in [-0.2, 0) is 19.1 Å². The molecular formula is C12H17NO5. The van der Waals surface area contributed by atoms with E-state index in [-0.39, 0.29) is 12.2 Å². The first-order valence-corrected chi connectivity index (χ1v) is 6.00. The fourth-order valence-electron chi connectivity index (χ4n) is 2.25. The van der Waals surface area contributed by atoms with E-state index in [9.17, 15) is 14.4 Å². The fourth-order valence-corrected chi connectivity index (χ4v) is 2.25. The van der Waals surface area contributed by atoms with Gasteiger partial charge in [-0.1, -0.05) is 0 Å². The van der Waals surface area contributed by atoms with E-state index < -0.39 is 29.8 Å². The number of carbonyl (C=O) groups excluding carboxylic acids is 3. The molecule has 100 valence electrons. The molecule has 6 heteroatoms. The highest BCUT2D eigenvalue weighted by molar-refractivity contribution is 6.02. The van der Waals surface area contributed by atoms with E-state index in [2.05, 4.69) is 0 Å². The number of rotatable bonds is 0. The zero-order chi connectivity index (χ0) is 13.5. The summed E-state index contributed by atoms with van der Waals surface area (Å²) in [4.78, 5) is 36.3. The maximum absolute atomic E-state index is 12.0. The van der Waals surface area contributed by atoms with Gasteiger partial charge in [0, 0.05) is 13.0 Å². The van der Waals surface area contributed by atoms with Crippen molar-refractivity contribution in [1.29, 1.82) is 0 Å². The Morgan fingerprint density at radius 3 is 2.67 bits per heavy atom. The molecule has 2 atom stereocenters. The summed E-state index contributed by atoms with van der Waals surface area (Å²) in [5.41, 5.74) is -0.608. The number of hydrogen-bond acceptors (Lipinski definition) is 5. The van der Waals surface area contributed by atoms with Crippen LogP contribution < -0.4 is 0 Å². The average molecular weight is 255 g/mol. The largest absolute Gasteiger partial charge is 0.459 e. The van der Waals surface area contributed by atoms with E-state index in [0.717, 1.165) is 0 Å². The highest BCUT2D eigenvalue weighted by Gasteiger charge is 2.48. The highest BCUT2D eigenvalue weighted by Crippen LogP contribution is 2.28. The van der Waals surface area contributed by atoms with E-state index in [0.29, 0.717) is 13.0 Å². The van der Waals surface area contributed by atoms with E-state index in [4.69, 9.17) is 9.47 Å². The minimum atomic E-state index is -0.669. The van der Waals surface area contributed by atoms with Crippen LogP contribution in [0.1, 0.15) is 33.6 Å². The van der Waals surface area contributed by atoms with Crippen molar-refractivity contribution in [2.24, 2.45) is 0 Å². The molecule has 18 heavy (non-hydrogen) atoms. The summed E-state index contributed by atoms with van der Waals surface area (Å²) < 4.78 is 10.3. The Labute approximate surface area is 105 Å². The molecule has 2 rings (SSSR count). The van der Waals surface area contributed by atoms with Crippen LogP contribution in [0.3, 0.4) is 0 Å². The van der Waals surface area contributed by atoms with Crippen LogP contribution in [0.2, 0.25) is 0 Å². The third-order valence-electron chi connectivity index (χ3n) is 2.90. The highest BCUT2D eigenvalue weighted by atomic mass is 16.6. The molecule has 0 unspecified atom stereocenters. The lowest BCUT2D eigenvalue weighted by Crippen LogP contribution is -2.51. The number of ketones is 1. The van der Waals surface area contributed by atoms with Crippen LogP contribution >= 0.6 is 0 Å². The van der Waals surface area contributed by atoms with Crippen molar-refractivity contribution in [3.8, 4) is 0 Å². The fraction of sp³-hybridized carbons (Fsp3) is 0.750. The average Bonchev–Trinajstić information content (AvgIpc) is 2.58. The topological polar surface area (TPSA) is 72.9 Å². The maximum Gasteiger partial charge on any atom is 0.411 e. The summed E-state index contributed by atoms with van der Waals surface area (Å²) >= 11 is 0. The van der Waals surface area contributed by atoms with Gasteiger partial charge < -0.3 is 9.47 Å². The Kier molecular flexibility index (Phi) is 3.04. The number of Topliss-reactive ketones (excluding diaryl/α,β-unsaturated/α-hetero) is 1. The first-order chi connectivity index (χ1) is 8.28. The van der Waals surface area contributed by atoms with Crippen LogP contribution in [0, 0.1) is 0 Å². The molecular weight excluding hydrogens is 238 g/mol. The van der Waals surface area contributed by atoms with E-state index in [1.807, 2.05) is 0 Å². The molecule has 0 aromatic heterocycles. The van der Waals surface area contributed by atoms with E-state index in [1.54, 1.807) is 20.8 Å². The second kappa shape index (κ2) is 4.26. The minimum Gasteiger partial charge on any atom is -0.459 e. The molecule has 0 radical (unpaired) electrons. The SMILES string of the molecule is CC(C)(C)OC(=O)N1CC[C@H]2OC(=O)CC(=O)[C@H]21. The van der Waals surface area contributed by atoms with Crippen LogP contribution in [0.5, 0.6) is 0 Å². The van der Waals surface area contributed by atoms with Crippen LogP contribution in [-0.4, -0.2) is 47.0 Å². The van der Waals surface area contributed by atoms with Crippen molar-refractivity contribution in [1.82, 2.24) is 4.90 Å². The summed E-state index contributed by atoms with van der Waals surface area (Å²) in [6, 6.07) is -0.669. The second-order valence-corrected chi connectivity index (χ2v) is 5.58. The number of likely N-dealkylation sites (tertiary alicyclic amines) is 1. The molecule has 2 heterocycles. The van der Waals surface area contributed by atoms with Gasteiger partial charge in [-0.25, -0.2) is 4.79 Å². The number of esters is 1. The minimum absolute atomic E-state index is 0.263. The quantitative estimate of drug-likeness (QED) is 0.474. The molecule has 0 aromatic carbocycles. The summed E-state index contributed by atoms with van der Waals surface area (Å²) in [5, 5.41) is 0. The van der Waals surface area contributed by atoms with Gasteiger partial charge in [-0.15, -0.1) is 0 Å². The van der Waals surface area contributed by atoms with Crippen molar-refractivity contribution in [3.05, 3.63) is 0 Å². The zero-order valence-electron chi connectivity index (χ0n) is 10.8. The Bertz CT molecular complexity index is 398. The van der Waals surface area contributed by atoms with Crippen LogP contribution in [0.25, 0.3) is 0 Å². The number of carbonyl (C=O) groups is 3. The summed E-state index contributed by atoms with van der Waals surface area (Å²) in [7, 11) is 0. The van der Waals surface area contributed by atoms with Crippen molar-refractivity contribution >= 4 is 17.8 Å². The standard InChI is InChI=1S/C12H17NO5/c1-12(2,3)18-11(16)13-5-4-8-10(13)7(14)6-9(15)17-8/h8,10H,4-6H2,1-3H3/t8-,10-/m1/s1. The molecule has 0 N–H and O–H groups in total. The summed E-state index contributed by atoms with van der Waals surface area (Å²) in [5.74, 6) is -0.771. The molecule has 0 bridgehead atoms. The van der Waals surface area contributed by atoms with Gasteiger partial charge in [0.1, 0.15) is 24.2 Å². The molecule has 0 aromatic rings. The van der Waals surface area contributed by atoms with E-state index in [1.165, 1.54) is 4.90 Å². The van der Waals surface area contributed by atoms with Crippen LogP contribution in [0.4, 0.5) is 4.79 Å². The second-order valence-electron chi connectivity index (χ2n) is 5.58. The molecule has 6 nitrogen and oxygen atoms in total. The van der Waals surface area contributed by atoms with Gasteiger partial charge in [-0.3, -0.25) is 14.5 Å². The molecule has 2 aliphatic rings. The lowest BCUT2D eigenvalue weighted by atomic mass is 10.0. The van der Waals surface area contributed by atoms with Gasteiger partial charge >= 0.3 is 12.1 Å². The van der Waals surface area contributed by atoms with E-state index >= 15 is 0 Å². The lowest BCUT2D eigenvalue weighted by Gasteiger charge is -2.31. The zero-order valence-corrected chi connectivity index (χ0v) is 10.8. The Hall–Kier alpha value is -1.59. The Morgan fingerprint density at radius 2 is 2.06 bits per heavy atom.